The number of methoxy groups -OCH3 is 1. The minimum absolute atomic E-state index is 0.000347. The van der Waals surface area contributed by atoms with E-state index in [0.717, 1.165) is 18.7 Å². The van der Waals surface area contributed by atoms with E-state index in [0.29, 0.717) is 11.8 Å². The first-order valence-electron chi connectivity index (χ1n) is 5.25. The Hall–Kier alpha value is -0.670. The number of nitrogens with zero attached hydrogens (tertiary/aromatic N) is 2. The van der Waals surface area contributed by atoms with Crippen molar-refractivity contribution in [1.82, 2.24) is 9.97 Å². The van der Waals surface area contributed by atoms with Gasteiger partial charge >= 0.3 is 0 Å². The SMILES string of the molecule is COCC1(c2nccc(Cl)n2)CCCC1. The Balaban J connectivity index is 2.31. The molecule has 3 nitrogen and oxygen atoms in total. The monoisotopic (exact) mass is 226 g/mol. The fraction of sp³-hybridized carbons (Fsp3) is 0.636. The van der Waals surface area contributed by atoms with Crippen molar-refractivity contribution < 1.29 is 4.74 Å². The van der Waals surface area contributed by atoms with Gasteiger partial charge in [-0.15, -0.1) is 0 Å². The number of hydrogen-bond donors (Lipinski definition) is 0. The summed E-state index contributed by atoms with van der Waals surface area (Å²) in [6.45, 7) is 0.688. The van der Waals surface area contributed by atoms with Crippen molar-refractivity contribution in [2.75, 3.05) is 13.7 Å². The van der Waals surface area contributed by atoms with Gasteiger partial charge in [-0.3, -0.25) is 0 Å². The van der Waals surface area contributed by atoms with Crippen LogP contribution in [0, 0.1) is 0 Å². The van der Waals surface area contributed by atoms with E-state index < -0.39 is 0 Å². The fourth-order valence-corrected chi connectivity index (χ4v) is 2.49. The van der Waals surface area contributed by atoms with Crippen LogP contribution in [-0.4, -0.2) is 23.7 Å². The average molecular weight is 227 g/mol. The third-order valence-electron chi connectivity index (χ3n) is 3.08. The minimum Gasteiger partial charge on any atom is -0.384 e. The highest BCUT2D eigenvalue weighted by molar-refractivity contribution is 6.29. The van der Waals surface area contributed by atoms with Crippen molar-refractivity contribution in [3.63, 3.8) is 0 Å². The maximum absolute atomic E-state index is 5.89. The van der Waals surface area contributed by atoms with Crippen LogP contribution in [0.1, 0.15) is 31.5 Å². The van der Waals surface area contributed by atoms with E-state index in [9.17, 15) is 0 Å². The smallest absolute Gasteiger partial charge is 0.138 e. The molecule has 1 aromatic heterocycles. The Morgan fingerprint density at radius 3 is 2.80 bits per heavy atom. The molecule has 1 heterocycles. The van der Waals surface area contributed by atoms with Gasteiger partial charge in [0.05, 0.1) is 12.0 Å². The van der Waals surface area contributed by atoms with Crippen molar-refractivity contribution in [2.45, 2.75) is 31.1 Å². The van der Waals surface area contributed by atoms with Gasteiger partial charge in [-0.05, 0) is 18.9 Å². The molecule has 4 heteroatoms. The second-order valence-corrected chi connectivity index (χ2v) is 4.51. The Bertz CT molecular complexity index is 337. The van der Waals surface area contributed by atoms with Crippen LogP contribution in [0.4, 0.5) is 0 Å². The highest BCUT2D eigenvalue weighted by atomic mass is 35.5. The zero-order valence-corrected chi connectivity index (χ0v) is 9.63. The lowest BCUT2D eigenvalue weighted by Gasteiger charge is -2.26. The molecule has 1 fully saturated rings. The molecule has 0 aliphatic heterocycles. The molecule has 1 aliphatic rings. The summed E-state index contributed by atoms with van der Waals surface area (Å²) in [5.41, 5.74) is -0.000347. The summed E-state index contributed by atoms with van der Waals surface area (Å²) in [7, 11) is 1.73. The second-order valence-electron chi connectivity index (χ2n) is 4.12. The maximum atomic E-state index is 5.89. The summed E-state index contributed by atoms with van der Waals surface area (Å²) in [6.07, 6.45) is 6.36. The molecule has 0 radical (unpaired) electrons. The summed E-state index contributed by atoms with van der Waals surface area (Å²) in [5, 5.41) is 0.516. The molecule has 1 aromatic rings. The molecule has 82 valence electrons. The first kappa shape index (κ1) is 10.8. The van der Waals surface area contributed by atoms with Crippen LogP contribution in [0.15, 0.2) is 12.3 Å². The van der Waals surface area contributed by atoms with E-state index in [1.54, 1.807) is 19.4 Å². The zero-order valence-electron chi connectivity index (χ0n) is 8.87. The first-order valence-corrected chi connectivity index (χ1v) is 5.63. The molecular weight excluding hydrogens is 212 g/mol. The standard InChI is InChI=1S/C11H15ClN2O/c1-15-8-11(5-2-3-6-11)10-13-7-4-9(12)14-10/h4,7H,2-3,5-6,8H2,1H3. The number of aromatic nitrogens is 2. The van der Waals surface area contributed by atoms with Crippen LogP contribution >= 0.6 is 11.6 Å². The zero-order chi connectivity index (χ0) is 10.7. The Morgan fingerprint density at radius 2 is 2.20 bits per heavy atom. The summed E-state index contributed by atoms with van der Waals surface area (Å²) < 4.78 is 5.30. The summed E-state index contributed by atoms with van der Waals surface area (Å²) in [5.74, 6) is 0.842. The molecule has 0 N–H and O–H groups in total. The lowest BCUT2D eigenvalue weighted by Crippen LogP contribution is -2.30. The quantitative estimate of drug-likeness (QED) is 0.744. The third-order valence-corrected chi connectivity index (χ3v) is 3.29. The van der Waals surface area contributed by atoms with Crippen LogP contribution in [0.5, 0.6) is 0 Å². The highest BCUT2D eigenvalue weighted by Crippen LogP contribution is 2.39. The normalized spacial score (nSPS) is 19.3. The summed E-state index contributed by atoms with van der Waals surface area (Å²) in [6, 6.07) is 1.71. The molecule has 0 atom stereocenters. The Kier molecular flexibility index (Phi) is 3.22. The molecule has 15 heavy (non-hydrogen) atoms. The molecule has 0 bridgehead atoms. The van der Waals surface area contributed by atoms with Gasteiger partial charge in [0.25, 0.3) is 0 Å². The molecule has 0 amide bonds. The molecule has 1 aliphatic carbocycles. The predicted molar refractivity (Wildman–Crippen MR) is 59.1 cm³/mol. The topological polar surface area (TPSA) is 35.0 Å². The van der Waals surface area contributed by atoms with Gasteiger partial charge in [-0.1, -0.05) is 24.4 Å². The van der Waals surface area contributed by atoms with Gasteiger partial charge in [0, 0.05) is 13.3 Å². The minimum atomic E-state index is -0.000347. The van der Waals surface area contributed by atoms with Gasteiger partial charge in [0.15, 0.2) is 0 Å². The molecular formula is C11H15ClN2O. The van der Waals surface area contributed by atoms with Crippen LogP contribution in [-0.2, 0) is 10.2 Å². The van der Waals surface area contributed by atoms with Crippen LogP contribution in [0.25, 0.3) is 0 Å². The van der Waals surface area contributed by atoms with Crippen molar-refractivity contribution in [3.8, 4) is 0 Å². The molecule has 0 spiro atoms. The lowest BCUT2D eigenvalue weighted by molar-refractivity contribution is 0.127. The Morgan fingerprint density at radius 1 is 1.47 bits per heavy atom. The van der Waals surface area contributed by atoms with Crippen molar-refractivity contribution in [1.29, 1.82) is 0 Å². The molecule has 0 aromatic carbocycles. The van der Waals surface area contributed by atoms with Crippen molar-refractivity contribution >= 4 is 11.6 Å². The van der Waals surface area contributed by atoms with Gasteiger partial charge in [-0.2, -0.15) is 0 Å². The van der Waals surface area contributed by atoms with E-state index in [1.807, 2.05) is 0 Å². The predicted octanol–water partition coefficient (Wildman–Crippen LogP) is 2.59. The number of hydrogen-bond acceptors (Lipinski definition) is 3. The van der Waals surface area contributed by atoms with Crippen molar-refractivity contribution in [2.24, 2.45) is 0 Å². The summed E-state index contributed by atoms with van der Waals surface area (Å²) >= 11 is 5.89. The summed E-state index contributed by atoms with van der Waals surface area (Å²) in [4.78, 5) is 8.66. The molecule has 1 saturated carbocycles. The van der Waals surface area contributed by atoms with Gasteiger partial charge in [0.1, 0.15) is 11.0 Å². The van der Waals surface area contributed by atoms with E-state index >= 15 is 0 Å². The van der Waals surface area contributed by atoms with Crippen LogP contribution < -0.4 is 0 Å². The third kappa shape index (κ3) is 2.13. The van der Waals surface area contributed by atoms with Gasteiger partial charge in [0.2, 0.25) is 0 Å². The van der Waals surface area contributed by atoms with Crippen molar-refractivity contribution in [3.05, 3.63) is 23.2 Å². The Labute approximate surface area is 94.8 Å². The molecule has 0 unspecified atom stereocenters. The van der Waals surface area contributed by atoms with Crippen LogP contribution in [0.3, 0.4) is 0 Å². The highest BCUT2D eigenvalue weighted by Gasteiger charge is 2.38. The number of halogens is 1. The molecule has 2 rings (SSSR count). The van der Waals surface area contributed by atoms with Crippen LogP contribution in [0.2, 0.25) is 5.15 Å². The van der Waals surface area contributed by atoms with E-state index in [1.165, 1.54) is 12.8 Å². The second kappa shape index (κ2) is 4.45. The lowest BCUT2D eigenvalue weighted by atomic mass is 9.86. The maximum Gasteiger partial charge on any atom is 0.138 e. The fourth-order valence-electron chi connectivity index (χ4n) is 2.35. The molecule has 0 saturated heterocycles. The number of ether oxygens (including phenoxy) is 1. The van der Waals surface area contributed by atoms with E-state index in [4.69, 9.17) is 16.3 Å². The van der Waals surface area contributed by atoms with Gasteiger partial charge in [-0.25, -0.2) is 9.97 Å². The largest absolute Gasteiger partial charge is 0.384 e. The average Bonchev–Trinajstić information content (AvgIpc) is 2.68. The van der Waals surface area contributed by atoms with Gasteiger partial charge < -0.3 is 4.74 Å². The van der Waals surface area contributed by atoms with E-state index in [2.05, 4.69) is 9.97 Å². The van der Waals surface area contributed by atoms with E-state index in [-0.39, 0.29) is 5.41 Å². The first-order chi connectivity index (χ1) is 7.27. The number of rotatable bonds is 3.